The summed E-state index contributed by atoms with van der Waals surface area (Å²) in [6.07, 6.45) is 0. The SMILES string of the molecule is CCN1C(N)=NCC1c1ccc(F)c(F)c1. The minimum absolute atomic E-state index is 0.0832. The molecule has 0 spiro atoms. The van der Waals surface area contributed by atoms with Gasteiger partial charge in [0.1, 0.15) is 0 Å². The summed E-state index contributed by atoms with van der Waals surface area (Å²) < 4.78 is 25.9. The van der Waals surface area contributed by atoms with Crippen LogP contribution in [-0.4, -0.2) is 23.9 Å². The Labute approximate surface area is 92.6 Å². The van der Waals surface area contributed by atoms with Crippen molar-refractivity contribution in [2.75, 3.05) is 13.1 Å². The lowest BCUT2D eigenvalue weighted by molar-refractivity contribution is 0.362. The molecule has 0 amide bonds. The monoisotopic (exact) mass is 225 g/mol. The lowest BCUT2D eigenvalue weighted by atomic mass is 10.1. The molecule has 1 aromatic rings. The number of rotatable bonds is 2. The van der Waals surface area contributed by atoms with Gasteiger partial charge >= 0.3 is 0 Å². The first-order chi connectivity index (χ1) is 7.63. The molecule has 1 heterocycles. The highest BCUT2D eigenvalue weighted by Crippen LogP contribution is 2.26. The van der Waals surface area contributed by atoms with E-state index >= 15 is 0 Å². The van der Waals surface area contributed by atoms with Crippen LogP contribution in [-0.2, 0) is 0 Å². The first kappa shape index (κ1) is 10.9. The molecule has 1 unspecified atom stereocenters. The van der Waals surface area contributed by atoms with Gasteiger partial charge in [-0.15, -0.1) is 0 Å². The topological polar surface area (TPSA) is 41.6 Å². The Kier molecular flexibility index (Phi) is 2.77. The molecule has 3 nitrogen and oxygen atoms in total. The number of likely N-dealkylation sites (N-methyl/N-ethyl adjacent to an activating group) is 1. The number of aliphatic imine (C=N–C) groups is 1. The largest absolute Gasteiger partial charge is 0.370 e. The zero-order chi connectivity index (χ0) is 11.7. The fraction of sp³-hybridized carbons (Fsp3) is 0.364. The fourth-order valence-electron chi connectivity index (χ4n) is 1.92. The molecule has 0 aliphatic carbocycles. The highest BCUT2D eigenvalue weighted by Gasteiger charge is 2.26. The molecule has 1 aliphatic rings. The van der Waals surface area contributed by atoms with E-state index in [0.717, 1.165) is 6.07 Å². The molecule has 1 aromatic carbocycles. The normalized spacial score (nSPS) is 20.1. The Bertz CT molecular complexity index is 431. The van der Waals surface area contributed by atoms with E-state index in [1.165, 1.54) is 6.07 Å². The summed E-state index contributed by atoms with van der Waals surface area (Å²) in [5.41, 5.74) is 6.39. The molecule has 5 heteroatoms. The highest BCUT2D eigenvalue weighted by atomic mass is 19.2. The zero-order valence-corrected chi connectivity index (χ0v) is 8.95. The van der Waals surface area contributed by atoms with Crippen molar-refractivity contribution < 1.29 is 8.78 Å². The van der Waals surface area contributed by atoms with E-state index in [-0.39, 0.29) is 6.04 Å². The average Bonchev–Trinajstić information content (AvgIpc) is 2.63. The second kappa shape index (κ2) is 4.08. The molecule has 1 aliphatic heterocycles. The van der Waals surface area contributed by atoms with Crippen molar-refractivity contribution in [1.82, 2.24) is 4.90 Å². The minimum Gasteiger partial charge on any atom is -0.370 e. The van der Waals surface area contributed by atoms with E-state index < -0.39 is 11.6 Å². The number of hydrogen-bond donors (Lipinski definition) is 1. The van der Waals surface area contributed by atoms with Crippen molar-refractivity contribution in [3.05, 3.63) is 35.4 Å². The quantitative estimate of drug-likeness (QED) is 0.831. The summed E-state index contributed by atoms with van der Waals surface area (Å²) in [6.45, 7) is 3.13. The second-order valence-electron chi connectivity index (χ2n) is 3.67. The molecule has 0 radical (unpaired) electrons. The lowest BCUT2D eigenvalue weighted by Gasteiger charge is -2.24. The van der Waals surface area contributed by atoms with Crippen molar-refractivity contribution in [3.63, 3.8) is 0 Å². The molecule has 86 valence electrons. The van der Waals surface area contributed by atoms with Crippen molar-refractivity contribution in [3.8, 4) is 0 Å². The molecule has 2 N–H and O–H groups in total. The number of halogens is 2. The number of nitrogens with two attached hydrogens (primary N) is 1. The molecular formula is C11H13F2N3. The van der Waals surface area contributed by atoms with Gasteiger partial charge in [-0.05, 0) is 24.6 Å². The third kappa shape index (κ3) is 1.73. The molecule has 1 atom stereocenters. The number of nitrogens with zero attached hydrogens (tertiary/aromatic N) is 2. The summed E-state index contributed by atoms with van der Waals surface area (Å²) in [5, 5.41) is 0. The molecular weight excluding hydrogens is 212 g/mol. The number of benzene rings is 1. The van der Waals surface area contributed by atoms with E-state index in [0.29, 0.717) is 24.6 Å². The van der Waals surface area contributed by atoms with E-state index in [1.54, 1.807) is 6.07 Å². The van der Waals surface area contributed by atoms with Crippen molar-refractivity contribution >= 4 is 5.96 Å². The van der Waals surface area contributed by atoms with Gasteiger partial charge in [-0.3, -0.25) is 4.99 Å². The standard InChI is InChI=1S/C11H13F2N3/c1-2-16-10(6-15-11(16)14)7-3-4-8(12)9(13)5-7/h3-5,10H,2,6H2,1H3,(H2,14,15). The van der Waals surface area contributed by atoms with E-state index in [4.69, 9.17) is 5.73 Å². The molecule has 0 bridgehead atoms. The second-order valence-corrected chi connectivity index (χ2v) is 3.67. The summed E-state index contributed by atoms with van der Waals surface area (Å²) >= 11 is 0. The van der Waals surface area contributed by atoms with Crippen LogP contribution in [0.1, 0.15) is 18.5 Å². The summed E-state index contributed by atoms with van der Waals surface area (Å²) in [6, 6.07) is 3.82. The Morgan fingerprint density at radius 2 is 2.19 bits per heavy atom. The van der Waals surface area contributed by atoms with Crippen LogP contribution in [0.25, 0.3) is 0 Å². The van der Waals surface area contributed by atoms with Crippen LogP contribution >= 0.6 is 0 Å². The van der Waals surface area contributed by atoms with Gasteiger partial charge in [-0.25, -0.2) is 8.78 Å². The number of hydrogen-bond acceptors (Lipinski definition) is 3. The van der Waals surface area contributed by atoms with Crippen molar-refractivity contribution in [2.45, 2.75) is 13.0 Å². The highest BCUT2D eigenvalue weighted by molar-refractivity contribution is 5.80. The lowest BCUT2D eigenvalue weighted by Crippen LogP contribution is -2.35. The predicted molar refractivity (Wildman–Crippen MR) is 58.0 cm³/mol. The van der Waals surface area contributed by atoms with Crippen molar-refractivity contribution in [2.24, 2.45) is 10.7 Å². The molecule has 2 rings (SSSR count). The molecule has 16 heavy (non-hydrogen) atoms. The predicted octanol–water partition coefficient (Wildman–Crippen LogP) is 1.66. The third-order valence-electron chi connectivity index (χ3n) is 2.77. The van der Waals surface area contributed by atoms with Gasteiger partial charge < -0.3 is 10.6 Å². The van der Waals surface area contributed by atoms with Gasteiger partial charge in [0.25, 0.3) is 0 Å². The fourth-order valence-corrected chi connectivity index (χ4v) is 1.92. The zero-order valence-electron chi connectivity index (χ0n) is 8.95. The molecule has 0 aromatic heterocycles. The van der Waals surface area contributed by atoms with Crippen LogP contribution < -0.4 is 5.73 Å². The average molecular weight is 225 g/mol. The van der Waals surface area contributed by atoms with Gasteiger partial charge in [0.2, 0.25) is 0 Å². The van der Waals surface area contributed by atoms with E-state index in [9.17, 15) is 8.78 Å². The smallest absolute Gasteiger partial charge is 0.191 e. The maximum absolute atomic E-state index is 13.1. The van der Waals surface area contributed by atoms with Crippen LogP contribution in [0.2, 0.25) is 0 Å². The van der Waals surface area contributed by atoms with Gasteiger partial charge in [-0.1, -0.05) is 6.07 Å². The maximum Gasteiger partial charge on any atom is 0.191 e. The van der Waals surface area contributed by atoms with E-state index in [1.807, 2.05) is 11.8 Å². The van der Waals surface area contributed by atoms with Crippen LogP contribution in [0.15, 0.2) is 23.2 Å². The minimum atomic E-state index is -0.835. The van der Waals surface area contributed by atoms with Crippen molar-refractivity contribution in [1.29, 1.82) is 0 Å². The van der Waals surface area contributed by atoms with Gasteiger partial charge in [0.15, 0.2) is 17.6 Å². The van der Waals surface area contributed by atoms with Crippen LogP contribution in [0.5, 0.6) is 0 Å². The molecule has 0 fully saturated rings. The van der Waals surface area contributed by atoms with E-state index in [2.05, 4.69) is 4.99 Å². The van der Waals surface area contributed by atoms with Crippen LogP contribution in [0.4, 0.5) is 8.78 Å². The maximum atomic E-state index is 13.1. The summed E-state index contributed by atoms with van der Waals surface area (Å²) in [4.78, 5) is 5.97. The van der Waals surface area contributed by atoms with Crippen LogP contribution in [0.3, 0.4) is 0 Å². The molecule has 0 saturated heterocycles. The Balaban J connectivity index is 2.28. The van der Waals surface area contributed by atoms with Gasteiger partial charge in [0.05, 0.1) is 12.6 Å². The third-order valence-corrected chi connectivity index (χ3v) is 2.77. The Hall–Kier alpha value is -1.65. The first-order valence-electron chi connectivity index (χ1n) is 5.15. The summed E-state index contributed by atoms with van der Waals surface area (Å²) in [7, 11) is 0. The Morgan fingerprint density at radius 3 is 2.81 bits per heavy atom. The molecule has 0 saturated carbocycles. The van der Waals surface area contributed by atoms with Gasteiger partial charge in [-0.2, -0.15) is 0 Å². The summed E-state index contributed by atoms with van der Waals surface area (Å²) in [5.74, 6) is -1.21. The first-order valence-corrected chi connectivity index (χ1v) is 5.15. The van der Waals surface area contributed by atoms with Crippen LogP contribution in [0, 0.1) is 11.6 Å². The Morgan fingerprint density at radius 1 is 1.44 bits per heavy atom. The number of guanidine groups is 1. The van der Waals surface area contributed by atoms with Gasteiger partial charge in [0, 0.05) is 6.54 Å².